The topological polar surface area (TPSA) is 85.8 Å². The smallest absolute Gasteiger partial charge is 0.261 e. The molecule has 1 aromatic carbocycles. The number of carbonyl (C=O) groups excluding carboxylic acids is 1. The van der Waals surface area contributed by atoms with Gasteiger partial charge in [0.1, 0.15) is 0 Å². The highest BCUT2D eigenvalue weighted by atomic mass is 16.5. The SMILES string of the molecule is COc1cccc(OC)c1OCC(=O)N1CCC[C@@H]1c1ncc2c(n1)CCNC2. The van der Waals surface area contributed by atoms with Crippen LogP contribution in [0.1, 0.15) is 36.0 Å². The Kier molecular flexibility index (Phi) is 5.80. The van der Waals surface area contributed by atoms with Crippen molar-refractivity contribution in [2.45, 2.75) is 31.8 Å². The molecule has 0 spiro atoms. The summed E-state index contributed by atoms with van der Waals surface area (Å²) in [4.78, 5) is 24.1. The molecule has 1 fully saturated rings. The molecule has 0 radical (unpaired) electrons. The number of nitrogens with one attached hydrogen (secondary N) is 1. The molecule has 1 N–H and O–H groups in total. The zero-order valence-electron chi connectivity index (χ0n) is 16.8. The van der Waals surface area contributed by atoms with E-state index < -0.39 is 0 Å². The van der Waals surface area contributed by atoms with E-state index in [1.54, 1.807) is 26.4 Å². The first-order valence-electron chi connectivity index (χ1n) is 9.90. The second-order valence-corrected chi connectivity index (χ2v) is 7.15. The third-order valence-electron chi connectivity index (χ3n) is 5.42. The summed E-state index contributed by atoms with van der Waals surface area (Å²) in [5.41, 5.74) is 2.23. The molecule has 0 unspecified atom stereocenters. The van der Waals surface area contributed by atoms with Crippen molar-refractivity contribution in [3.05, 3.63) is 41.5 Å². The Hall–Kier alpha value is -2.87. The monoisotopic (exact) mass is 398 g/mol. The number of para-hydroxylation sites is 1. The van der Waals surface area contributed by atoms with Gasteiger partial charge in [-0.3, -0.25) is 4.79 Å². The largest absolute Gasteiger partial charge is 0.493 e. The fourth-order valence-electron chi connectivity index (χ4n) is 3.92. The molecule has 2 aromatic rings. The number of hydrogen-bond donors (Lipinski definition) is 1. The molecule has 0 aliphatic carbocycles. The van der Waals surface area contributed by atoms with Gasteiger partial charge in [0.15, 0.2) is 23.9 Å². The van der Waals surface area contributed by atoms with Gasteiger partial charge in [0.05, 0.1) is 20.3 Å². The van der Waals surface area contributed by atoms with Crippen LogP contribution >= 0.6 is 0 Å². The van der Waals surface area contributed by atoms with E-state index in [9.17, 15) is 4.79 Å². The lowest BCUT2D eigenvalue weighted by Gasteiger charge is -2.25. The standard InChI is InChI=1S/C21H26N4O4/c1-27-17-6-3-7-18(28-2)20(17)29-13-19(26)25-10-4-5-16(25)21-23-12-14-11-22-9-8-15(14)24-21/h3,6-7,12,16,22H,4-5,8-11,13H2,1-2H3/t16-/m1/s1. The van der Waals surface area contributed by atoms with Crippen molar-refractivity contribution < 1.29 is 19.0 Å². The van der Waals surface area contributed by atoms with Gasteiger partial charge in [-0.15, -0.1) is 0 Å². The van der Waals surface area contributed by atoms with Crippen molar-refractivity contribution in [1.82, 2.24) is 20.2 Å². The van der Waals surface area contributed by atoms with Crippen LogP contribution in [-0.2, 0) is 17.8 Å². The molecule has 3 heterocycles. The van der Waals surface area contributed by atoms with Crippen LogP contribution in [-0.4, -0.2) is 54.7 Å². The number of carbonyl (C=O) groups is 1. The van der Waals surface area contributed by atoms with Crippen LogP contribution in [0.25, 0.3) is 0 Å². The molecular weight excluding hydrogens is 372 g/mol. The maximum Gasteiger partial charge on any atom is 0.261 e. The number of nitrogens with zero attached hydrogens (tertiary/aromatic N) is 3. The zero-order valence-corrected chi connectivity index (χ0v) is 16.8. The number of rotatable bonds is 6. The molecule has 8 nitrogen and oxygen atoms in total. The summed E-state index contributed by atoms with van der Waals surface area (Å²) in [6.07, 6.45) is 4.57. The fourth-order valence-corrected chi connectivity index (χ4v) is 3.92. The van der Waals surface area contributed by atoms with Gasteiger partial charge >= 0.3 is 0 Å². The van der Waals surface area contributed by atoms with Crippen molar-refractivity contribution in [2.24, 2.45) is 0 Å². The van der Waals surface area contributed by atoms with E-state index in [2.05, 4.69) is 10.3 Å². The molecule has 1 aromatic heterocycles. The maximum atomic E-state index is 12.9. The second kappa shape index (κ2) is 8.65. The van der Waals surface area contributed by atoms with Gasteiger partial charge in [-0.05, 0) is 25.0 Å². The van der Waals surface area contributed by atoms with E-state index in [1.807, 2.05) is 17.2 Å². The number of likely N-dealkylation sites (tertiary alicyclic amines) is 1. The molecule has 1 atom stereocenters. The van der Waals surface area contributed by atoms with Crippen LogP contribution in [0.5, 0.6) is 17.2 Å². The van der Waals surface area contributed by atoms with Gasteiger partial charge < -0.3 is 24.4 Å². The molecule has 4 rings (SSSR count). The van der Waals surface area contributed by atoms with E-state index in [0.29, 0.717) is 23.8 Å². The van der Waals surface area contributed by atoms with E-state index in [1.165, 1.54) is 0 Å². The third-order valence-corrected chi connectivity index (χ3v) is 5.42. The van der Waals surface area contributed by atoms with Gasteiger partial charge in [-0.25, -0.2) is 9.97 Å². The molecule has 29 heavy (non-hydrogen) atoms. The van der Waals surface area contributed by atoms with Crippen LogP contribution in [0.3, 0.4) is 0 Å². The van der Waals surface area contributed by atoms with Crippen molar-refractivity contribution in [1.29, 1.82) is 0 Å². The highest BCUT2D eigenvalue weighted by Crippen LogP contribution is 2.37. The van der Waals surface area contributed by atoms with Gasteiger partial charge in [0, 0.05) is 43.5 Å². The first-order chi connectivity index (χ1) is 14.2. The highest BCUT2D eigenvalue weighted by molar-refractivity contribution is 5.78. The van der Waals surface area contributed by atoms with E-state index in [0.717, 1.165) is 49.4 Å². The summed E-state index contributed by atoms with van der Waals surface area (Å²) < 4.78 is 16.5. The summed E-state index contributed by atoms with van der Waals surface area (Å²) in [5.74, 6) is 2.12. The van der Waals surface area contributed by atoms with Crippen LogP contribution < -0.4 is 19.5 Å². The molecule has 154 valence electrons. The number of methoxy groups -OCH3 is 2. The number of hydrogen-bond acceptors (Lipinski definition) is 7. The molecule has 2 aliphatic heterocycles. The lowest BCUT2D eigenvalue weighted by atomic mass is 10.1. The van der Waals surface area contributed by atoms with Crippen molar-refractivity contribution >= 4 is 5.91 Å². The highest BCUT2D eigenvalue weighted by Gasteiger charge is 2.33. The minimum absolute atomic E-state index is 0.0940. The van der Waals surface area contributed by atoms with E-state index in [4.69, 9.17) is 19.2 Å². The Morgan fingerprint density at radius 1 is 1.28 bits per heavy atom. The average Bonchev–Trinajstić information content (AvgIpc) is 3.27. The van der Waals surface area contributed by atoms with E-state index in [-0.39, 0.29) is 18.6 Å². The van der Waals surface area contributed by atoms with Gasteiger partial charge in [0.25, 0.3) is 5.91 Å². The van der Waals surface area contributed by atoms with Gasteiger partial charge in [-0.2, -0.15) is 0 Å². The Morgan fingerprint density at radius 3 is 2.83 bits per heavy atom. The molecule has 0 bridgehead atoms. The normalized spacial score (nSPS) is 18.3. The predicted molar refractivity (Wildman–Crippen MR) is 106 cm³/mol. The van der Waals surface area contributed by atoms with Crippen LogP contribution in [0.4, 0.5) is 0 Å². The van der Waals surface area contributed by atoms with Crippen molar-refractivity contribution in [2.75, 3.05) is 33.9 Å². The maximum absolute atomic E-state index is 12.9. The number of amides is 1. The van der Waals surface area contributed by atoms with Crippen molar-refractivity contribution in [3.63, 3.8) is 0 Å². The molecule has 1 amide bonds. The van der Waals surface area contributed by atoms with Gasteiger partial charge in [-0.1, -0.05) is 6.07 Å². The quantitative estimate of drug-likeness (QED) is 0.795. The Balaban J connectivity index is 1.48. The molecular formula is C21H26N4O4. The molecule has 0 saturated carbocycles. The summed E-state index contributed by atoms with van der Waals surface area (Å²) in [5, 5.41) is 3.33. The summed E-state index contributed by atoms with van der Waals surface area (Å²) in [6.45, 7) is 2.31. The van der Waals surface area contributed by atoms with E-state index >= 15 is 0 Å². The van der Waals surface area contributed by atoms with Crippen LogP contribution in [0.15, 0.2) is 24.4 Å². The third kappa shape index (κ3) is 3.98. The van der Waals surface area contributed by atoms with Crippen molar-refractivity contribution in [3.8, 4) is 17.2 Å². The Bertz CT molecular complexity index is 867. The molecule has 2 aliphatic rings. The second-order valence-electron chi connectivity index (χ2n) is 7.15. The number of ether oxygens (including phenoxy) is 3. The minimum Gasteiger partial charge on any atom is -0.493 e. The lowest BCUT2D eigenvalue weighted by molar-refractivity contribution is -0.134. The fraction of sp³-hybridized carbons (Fsp3) is 0.476. The predicted octanol–water partition coefficient (Wildman–Crippen LogP) is 1.88. The Morgan fingerprint density at radius 2 is 2.07 bits per heavy atom. The molecule has 8 heteroatoms. The summed E-state index contributed by atoms with van der Waals surface area (Å²) in [7, 11) is 3.12. The molecule has 1 saturated heterocycles. The minimum atomic E-state index is -0.106. The summed E-state index contributed by atoms with van der Waals surface area (Å²) in [6, 6.07) is 5.25. The number of fused-ring (bicyclic) bond motifs is 1. The summed E-state index contributed by atoms with van der Waals surface area (Å²) >= 11 is 0. The van der Waals surface area contributed by atoms with Gasteiger partial charge in [0.2, 0.25) is 5.75 Å². The zero-order chi connectivity index (χ0) is 20.2. The number of aromatic nitrogens is 2. The first-order valence-corrected chi connectivity index (χ1v) is 9.90. The average molecular weight is 398 g/mol. The first kappa shape index (κ1) is 19.4. The van der Waals surface area contributed by atoms with Crippen LogP contribution in [0.2, 0.25) is 0 Å². The number of benzene rings is 1. The Labute approximate surface area is 170 Å². The lowest BCUT2D eigenvalue weighted by Crippen LogP contribution is -2.35. The van der Waals surface area contributed by atoms with Crippen LogP contribution in [0, 0.1) is 0 Å².